The van der Waals surface area contributed by atoms with Gasteiger partial charge in [0, 0.05) is 16.0 Å². The lowest BCUT2D eigenvalue weighted by Crippen LogP contribution is -2.33. The number of fused-ring (bicyclic) bond motifs is 2. The summed E-state index contributed by atoms with van der Waals surface area (Å²) in [6, 6.07) is 5.92. The Morgan fingerprint density at radius 3 is 2.48 bits per heavy atom. The summed E-state index contributed by atoms with van der Waals surface area (Å²) in [5.74, 6) is -0.216. The zero-order chi connectivity index (χ0) is 15.0. The van der Waals surface area contributed by atoms with Gasteiger partial charge in [0.15, 0.2) is 0 Å². The van der Waals surface area contributed by atoms with Crippen molar-refractivity contribution in [2.24, 2.45) is 0 Å². The van der Waals surface area contributed by atoms with Crippen LogP contribution in [0.25, 0.3) is 5.57 Å². The highest BCUT2D eigenvalue weighted by Gasteiger charge is 2.34. The van der Waals surface area contributed by atoms with Gasteiger partial charge in [-0.1, -0.05) is 24.6 Å². The second-order valence-corrected chi connectivity index (χ2v) is 7.32. The average Bonchev–Trinajstić information content (AvgIpc) is 2.37. The van der Waals surface area contributed by atoms with Gasteiger partial charge in [0.2, 0.25) is 0 Å². The Morgan fingerprint density at radius 1 is 1.14 bits per heavy atom. The maximum Gasteiger partial charge on any atom is 0.573 e. The fourth-order valence-corrected chi connectivity index (χ4v) is 4.92. The van der Waals surface area contributed by atoms with Crippen molar-refractivity contribution in [1.29, 1.82) is 0 Å². The molecule has 2 nitrogen and oxygen atoms in total. The van der Waals surface area contributed by atoms with Crippen molar-refractivity contribution < 1.29 is 22.1 Å². The van der Waals surface area contributed by atoms with Gasteiger partial charge < -0.3 is 4.74 Å². The fraction of sp³-hybridized carbons (Fsp3) is 0.467. The minimum atomic E-state index is -4.67. The van der Waals surface area contributed by atoms with Crippen LogP contribution in [-0.2, 0) is 10.8 Å². The minimum absolute atomic E-state index is 0.0959. The second kappa shape index (κ2) is 5.48. The van der Waals surface area contributed by atoms with Crippen LogP contribution < -0.4 is 4.74 Å². The first-order chi connectivity index (χ1) is 9.92. The highest BCUT2D eigenvalue weighted by Crippen LogP contribution is 2.37. The van der Waals surface area contributed by atoms with Crippen molar-refractivity contribution >= 4 is 16.4 Å². The van der Waals surface area contributed by atoms with E-state index in [1.54, 1.807) is 12.1 Å². The first kappa shape index (κ1) is 14.6. The molecule has 0 spiro atoms. The number of allylic oxidation sites excluding steroid dienone is 1. The summed E-state index contributed by atoms with van der Waals surface area (Å²) >= 11 is 0. The summed E-state index contributed by atoms with van der Waals surface area (Å²) in [7, 11) is -0.798. The van der Waals surface area contributed by atoms with E-state index in [4.69, 9.17) is 0 Å². The Kier molecular flexibility index (Phi) is 3.82. The van der Waals surface area contributed by atoms with E-state index in [0.717, 1.165) is 36.8 Å². The Morgan fingerprint density at radius 2 is 1.86 bits per heavy atom. The van der Waals surface area contributed by atoms with Crippen LogP contribution in [0.3, 0.4) is 0 Å². The molecule has 0 aromatic heterocycles. The molecule has 0 N–H and O–H groups in total. The fourth-order valence-electron chi connectivity index (χ4n) is 2.98. The smallest absolute Gasteiger partial charge is 0.406 e. The summed E-state index contributed by atoms with van der Waals surface area (Å²) in [4.78, 5) is 0. The van der Waals surface area contributed by atoms with Crippen molar-refractivity contribution in [2.45, 2.75) is 42.5 Å². The van der Waals surface area contributed by atoms with Crippen molar-refractivity contribution in [3.63, 3.8) is 0 Å². The predicted molar refractivity (Wildman–Crippen MR) is 75.3 cm³/mol. The molecule has 0 aliphatic carbocycles. The number of ether oxygens (including phenoxy) is 1. The van der Waals surface area contributed by atoms with Crippen LogP contribution in [0.2, 0.25) is 0 Å². The number of alkyl halides is 3. The summed E-state index contributed by atoms with van der Waals surface area (Å²) in [5.41, 5.74) is 1.97. The van der Waals surface area contributed by atoms with E-state index in [9.17, 15) is 17.4 Å². The van der Waals surface area contributed by atoms with Crippen molar-refractivity contribution in [1.82, 2.24) is 0 Å². The lowest BCUT2D eigenvalue weighted by atomic mass is 9.93. The highest BCUT2D eigenvalue weighted by molar-refractivity contribution is 7.86. The van der Waals surface area contributed by atoms with Crippen LogP contribution in [0, 0.1) is 0 Å². The molecular weight excluding hydrogens is 301 g/mol. The van der Waals surface area contributed by atoms with Crippen LogP contribution in [0.1, 0.15) is 31.2 Å². The number of hydrogen-bond acceptors (Lipinski definition) is 2. The Labute approximate surface area is 123 Å². The van der Waals surface area contributed by atoms with Crippen LogP contribution in [0.4, 0.5) is 13.2 Å². The highest BCUT2D eigenvalue weighted by atomic mass is 32.2. The maximum atomic E-state index is 12.1. The van der Waals surface area contributed by atoms with Crippen molar-refractivity contribution in [3.8, 4) is 5.75 Å². The Balaban J connectivity index is 1.80. The van der Waals surface area contributed by atoms with Gasteiger partial charge in [0.1, 0.15) is 5.75 Å². The van der Waals surface area contributed by atoms with Gasteiger partial charge in [0.25, 0.3) is 0 Å². The van der Waals surface area contributed by atoms with E-state index in [-0.39, 0.29) is 16.2 Å². The van der Waals surface area contributed by atoms with E-state index < -0.39 is 17.2 Å². The summed E-state index contributed by atoms with van der Waals surface area (Å²) in [6.45, 7) is 0. The van der Waals surface area contributed by atoms with E-state index in [0.29, 0.717) is 0 Å². The first-order valence-electron chi connectivity index (χ1n) is 6.88. The average molecular weight is 316 g/mol. The van der Waals surface area contributed by atoms with Gasteiger partial charge in [-0.2, -0.15) is 0 Å². The normalized spacial score (nSPS) is 28.9. The molecule has 0 saturated carbocycles. The molecule has 2 aliphatic heterocycles. The molecule has 1 aromatic carbocycles. The van der Waals surface area contributed by atoms with Gasteiger partial charge in [-0.25, -0.2) is 0 Å². The molecule has 1 aromatic rings. The molecule has 3 atom stereocenters. The maximum absolute atomic E-state index is 12.1. The van der Waals surface area contributed by atoms with Gasteiger partial charge in [-0.15, -0.1) is 13.2 Å². The molecule has 2 heterocycles. The van der Waals surface area contributed by atoms with Gasteiger partial charge in [0.05, 0.1) is 5.25 Å². The summed E-state index contributed by atoms with van der Waals surface area (Å²) in [5, 5.41) is 0.286. The molecule has 6 heteroatoms. The zero-order valence-electron chi connectivity index (χ0n) is 11.2. The van der Waals surface area contributed by atoms with Gasteiger partial charge in [-0.05, 0) is 42.5 Å². The van der Waals surface area contributed by atoms with Crippen molar-refractivity contribution in [2.75, 3.05) is 0 Å². The quantitative estimate of drug-likeness (QED) is 0.823. The number of benzene rings is 1. The molecule has 0 radical (unpaired) electrons. The standard InChI is InChI=1S/C15H15F3O2S/c16-15(17,18)20-12-6-4-10(5-7-12)11-8-13-2-1-3-14(9-11)21(13)19/h4-8,13-14H,1-3,9H2. The Bertz CT molecular complexity index is 578. The first-order valence-corrected chi connectivity index (χ1v) is 8.16. The van der Waals surface area contributed by atoms with E-state index in [1.807, 2.05) is 6.08 Å². The van der Waals surface area contributed by atoms with Gasteiger partial charge >= 0.3 is 6.36 Å². The van der Waals surface area contributed by atoms with Crippen LogP contribution >= 0.6 is 0 Å². The molecule has 2 bridgehead atoms. The minimum Gasteiger partial charge on any atom is -0.406 e. The molecule has 3 unspecified atom stereocenters. The SMILES string of the molecule is O=S1C2C=C(c3ccc(OC(F)(F)F)cc3)CC1CCC2. The predicted octanol–water partition coefficient (Wildman–Crippen LogP) is 4.04. The van der Waals surface area contributed by atoms with Crippen LogP contribution in [0.15, 0.2) is 30.3 Å². The van der Waals surface area contributed by atoms with Crippen LogP contribution in [-0.4, -0.2) is 21.1 Å². The van der Waals surface area contributed by atoms with Crippen molar-refractivity contribution in [3.05, 3.63) is 35.9 Å². The third-order valence-corrected chi connectivity index (χ3v) is 5.96. The number of rotatable bonds is 2. The number of hydrogen-bond donors (Lipinski definition) is 0. The summed E-state index contributed by atoms with van der Waals surface area (Å²) in [6.07, 6.45) is 1.11. The second-order valence-electron chi connectivity index (χ2n) is 5.39. The third kappa shape index (κ3) is 3.31. The lowest BCUT2D eigenvalue weighted by molar-refractivity contribution is -0.274. The monoisotopic (exact) mass is 316 g/mol. The molecule has 21 heavy (non-hydrogen) atoms. The van der Waals surface area contributed by atoms with E-state index in [1.165, 1.54) is 12.1 Å². The zero-order valence-corrected chi connectivity index (χ0v) is 12.0. The molecule has 1 fully saturated rings. The lowest BCUT2D eigenvalue weighted by Gasteiger charge is -2.32. The summed E-state index contributed by atoms with van der Waals surface area (Å²) < 4.78 is 52.4. The van der Waals surface area contributed by atoms with Gasteiger partial charge in [-0.3, -0.25) is 4.21 Å². The molecule has 114 valence electrons. The molecule has 0 amide bonds. The van der Waals surface area contributed by atoms with Crippen LogP contribution in [0.5, 0.6) is 5.75 Å². The van der Waals surface area contributed by atoms with E-state index in [2.05, 4.69) is 4.74 Å². The third-order valence-electron chi connectivity index (χ3n) is 3.94. The molecule has 3 rings (SSSR count). The topological polar surface area (TPSA) is 26.3 Å². The molecule has 2 aliphatic rings. The molecule has 1 saturated heterocycles. The van der Waals surface area contributed by atoms with E-state index >= 15 is 0 Å². The number of halogens is 3. The largest absolute Gasteiger partial charge is 0.573 e. The Hall–Kier alpha value is -1.30. The molecular formula is C15H15F3O2S.